The molecule has 0 fully saturated rings. The Morgan fingerprint density at radius 2 is 2.00 bits per heavy atom. The molecule has 134 valence electrons. The number of carbonyl (C=O) groups is 2. The zero-order valence-electron chi connectivity index (χ0n) is 14.8. The number of aromatic nitrogens is 1. The number of aryl methyl sites for hydroxylation is 3. The molecule has 0 amide bonds. The van der Waals surface area contributed by atoms with Crippen LogP contribution in [0.4, 0.5) is 0 Å². The van der Waals surface area contributed by atoms with Crippen LogP contribution in [0.2, 0.25) is 0 Å². The van der Waals surface area contributed by atoms with E-state index < -0.39 is 11.6 Å². The lowest BCUT2D eigenvalue weighted by atomic mass is 10.1. The number of carbonyl (C=O) groups excluding carboxylic acids is 2. The van der Waals surface area contributed by atoms with Gasteiger partial charge in [0.2, 0.25) is 5.78 Å². The molecule has 2 heterocycles. The van der Waals surface area contributed by atoms with E-state index in [-0.39, 0.29) is 23.7 Å². The minimum Gasteiger partial charge on any atom is -0.454 e. The molecular formula is C20H19NO5. The van der Waals surface area contributed by atoms with Crippen molar-refractivity contribution in [3.8, 4) is 0 Å². The zero-order valence-corrected chi connectivity index (χ0v) is 14.8. The molecule has 0 unspecified atom stereocenters. The van der Waals surface area contributed by atoms with E-state index in [0.717, 1.165) is 22.9 Å². The molecule has 2 aromatic heterocycles. The minimum absolute atomic E-state index is 0.171. The van der Waals surface area contributed by atoms with Gasteiger partial charge in [0, 0.05) is 28.7 Å². The third kappa shape index (κ3) is 3.18. The highest BCUT2D eigenvalue weighted by molar-refractivity contribution is 6.09. The van der Waals surface area contributed by atoms with Gasteiger partial charge in [-0.2, -0.15) is 0 Å². The van der Waals surface area contributed by atoms with E-state index in [4.69, 9.17) is 9.15 Å². The number of H-pyrrole nitrogens is 1. The first-order chi connectivity index (χ1) is 12.4. The predicted octanol–water partition coefficient (Wildman–Crippen LogP) is 3.34. The molecule has 1 aromatic carbocycles. The van der Waals surface area contributed by atoms with E-state index in [1.807, 2.05) is 25.1 Å². The van der Waals surface area contributed by atoms with Gasteiger partial charge in [0.15, 0.2) is 6.61 Å². The predicted molar refractivity (Wildman–Crippen MR) is 96.7 cm³/mol. The summed E-state index contributed by atoms with van der Waals surface area (Å²) in [7, 11) is 0. The molecule has 0 aliphatic heterocycles. The number of rotatable bonds is 5. The van der Waals surface area contributed by atoms with Gasteiger partial charge in [-0.25, -0.2) is 9.59 Å². The van der Waals surface area contributed by atoms with Crippen LogP contribution in [0.1, 0.15) is 44.5 Å². The van der Waals surface area contributed by atoms with Crippen LogP contribution in [-0.4, -0.2) is 23.3 Å². The minimum atomic E-state index is -0.689. The van der Waals surface area contributed by atoms with Crippen molar-refractivity contribution in [3.05, 3.63) is 68.9 Å². The number of nitrogens with one attached hydrogen (secondary N) is 1. The first-order valence-corrected chi connectivity index (χ1v) is 8.33. The Bertz CT molecular complexity index is 1030. The van der Waals surface area contributed by atoms with Crippen molar-refractivity contribution in [2.24, 2.45) is 0 Å². The summed E-state index contributed by atoms with van der Waals surface area (Å²) >= 11 is 0. The molecular weight excluding hydrogens is 334 g/mol. The number of esters is 1. The van der Waals surface area contributed by atoms with Crippen molar-refractivity contribution >= 4 is 22.7 Å². The summed E-state index contributed by atoms with van der Waals surface area (Å²) in [5.74, 6) is -0.816. The average Bonchev–Trinajstić information content (AvgIpc) is 3.03. The fourth-order valence-electron chi connectivity index (χ4n) is 3.09. The van der Waals surface area contributed by atoms with Gasteiger partial charge in [0.1, 0.15) is 11.3 Å². The average molecular weight is 353 g/mol. The number of benzene rings is 1. The van der Waals surface area contributed by atoms with Crippen LogP contribution < -0.4 is 5.63 Å². The van der Waals surface area contributed by atoms with Crippen molar-refractivity contribution < 1.29 is 18.7 Å². The molecule has 3 aromatic rings. The first-order valence-electron chi connectivity index (χ1n) is 8.33. The number of fused-ring (bicyclic) bond motifs is 1. The van der Waals surface area contributed by atoms with Gasteiger partial charge in [-0.15, -0.1) is 0 Å². The second kappa shape index (κ2) is 7.00. The molecule has 1 N–H and O–H groups in total. The first kappa shape index (κ1) is 17.7. The Hall–Kier alpha value is -3.15. The topological polar surface area (TPSA) is 89.4 Å². The highest BCUT2D eigenvalue weighted by atomic mass is 16.5. The maximum atomic E-state index is 12.5. The van der Waals surface area contributed by atoms with Crippen molar-refractivity contribution in [2.75, 3.05) is 6.61 Å². The summed E-state index contributed by atoms with van der Waals surface area (Å²) in [5.41, 5.74) is 2.61. The quantitative estimate of drug-likeness (QED) is 0.561. The highest BCUT2D eigenvalue weighted by Crippen LogP contribution is 2.23. The highest BCUT2D eigenvalue weighted by Gasteiger charge is 2.20. The van der Waals surface area contributed by atoms with Gasteiger partial charge in [-0.05, 0) is 31.4 Å². The monoisotopic (exact) mass is 353 g/mol. The van der Waals surface area contributed by atoms with E-state index >= 15 is 0 Å². The molecule has 3 rings (SSSR count). The summed E-state index contributed by atoms with van der Waals surface area (Å²) < 4.78 is 10.1. The maximum Gasteiger partial charge on any atom is 0.342 e. The number of ketones is 1. The number of hydrogen-bond donors (Lipinski definition) is 1. The lowest BCUT2D eigenvalue weighted by Gasteiger charge is -2.08. The number of aromatic amines is 1. The van der Waals surface area contributed by atoms with Crippen LogP contribution in [0.15, 0.2) is 39.7 Å². The molecule has 6 nitrogen and oxygen atoms in total. The van der Waals surface area contributed by atoms with Gasteiger partial charge in [0.05, 0.1) is 0 Å². The number of para-hydroxylation sites is 1. The van der Waals surface area contributed by atoms with E-state index in [0.29, 0.717) is 11.1 Å². The number of Topliss-reactive ketones (excluding diaryl/α,β-unsaturated/α-hetero) is 1. The molecule has 0 atom stereocenters. The van der Waals surface area contributed by atoms with Crippen LogP contribution in [-0.2, 0) is 11.2 Å². The second-order valence-corrected chi connectivity index (χ2v) is 6.07. The number of hydrogen-bond acceptors (Lipinski definition) is 5. The summed E-state index contributed by atoms with van der Waals surface area (Å²) in [6, 6.07) is 6.98. The Morgan fingerprint density at radius 1 is 1.23 bits per heavy atom. The Balaban J connectivity index is 1.80. The van der Waals surface area contributed by atoms with Crippen molar-refractivity contribution in [2.45, 2.75) is 27.2 Å². The number of ether oxygens (including phenoxy) is 1. The van der Waals surface area contributed by atoms with E-state index in [1.54, 1.807) is 13.1 Å². The molecule has 0 aliphatic rings. The molecule has 0 spiro atoms. The molecule has 0 saturated heterocycles. The third-order valence-electron chi connectivity index (χ3n) is 4.36. The maximum absolute atomic E-state index is 12.5. The molecule has 0 radical (unpaired) electrons. The summed E-state index contributed by atoms with van der Waals surface area (Å²) in [4.78, 5) is 39.2. The molecule has 0 bridgehead atoms. The van der Waals surface area contributed by atoms with Gasteiger partial charge in [-0.1, -0.05) is 25.1 Å². The van der Waals surface area contributed by atoms with Crippen LogP contribution in [0.5, 0.6) is 0 Å². The normalized spacial score (nSPS) is 10.9. The van der Waals surface area contributed by atoms with E-state index in [9.17, 15) is 14.4 Å². The SMILES string of the molecule is CCc1cccc2c(C(=O)COC(=O)c3c(C)cc(=O)oc3C)c[nH]c12. The van der Waals surface area contributed by atoms with Crippen molar-refractivity contribution in [3.63, 3.8) is 0 Å². The summed E-state index contributed by atoms with van der Waals surface area (Å²) in [6.07, 6.45) is 2.48. The van der Waals surface area contributed by atoms with E-state index in [2.05, 4.69) is 4.98 Å². The van der Waals surface area contributed by atoms with Crippen LogP contribution in [0.3, 0.4) is 0 Å². The smallest absolute Gasteiger partial charge is 0.342 e. The fourth-order valence-corrected chi connectivity index (χ4v) is 3.09. The van der Waals surface area contributed by atoms with Gasteiger partial charge >= 0.3 is 11.6 Å². The van der Waals surface area contributed by atoms with Gasteiger partial charge in [0.25, 0.3) is 0 Å². The van der Waals surface area contributed by atoms with Crippen LogP contribution >= 0.6 is 0 Å². The van der Waals surface area contributed by atoms with Gasteiger partial charge < -0.3 is 14.1 Å². The largest absolute Gasteiger partial charge is 0.454 e. The third-order valence-corrected chi connectivity index (χ3v) is 4.36. The van der Waals surface area contributed by atoms with Crippen LogP contribution in [0.25, 0.3) is 10.9 Å². The summed E-state index contributed by atoms with van der Waals surface area (Å²) in [6.45, 7) is 4.79. The lowest BCUT2D eigenvalue weighted by Crippen LogP contribution is -2.17. The second-order valence-electron chi connectivity index (χ2n) is 6.07. The zero-order chi connectivity index (χ0) is 18.8. The fraction of sp³-hybridized carbons (Fsp3) is 0.250. The molecule has 26 heavy (non-hydrogen) atoms. The molecule has 6 heteroatoms. The van der Waals surface area contributed by atoms with E-state index in [1.165, 1.54) is 13.0 Å². The van der Waals surface area contributed by atoms with Crippen molar-refractivity contribution in [1.82, 2.24) is 4.98 Å². The van der Waals surface area contributed by atoms with Crippen molar-refractivity contribution in [1.29, 1.82) is 0 Å². The summed E-state index contributed by atoms with van der Waals surface area (Å²) in [5, 5.41) is 0.809. The molecule has 0 aliphatic carbocycles. The lowest BCUT2D eigenvalue weighted by molar-refractivity contribution is 0.0470. The Labute approximate surface area is 149 Å². The molecule has 0 saturated carbocycles. The van der Waals surface area contributed by atoms with Crippen LogP contribution in [0, 0.1) is 13.8 Å². The standard InChI is InChI=1S/C20H19NO5/c1-4-13-6-5-7-14-15(9-21-19(13)14)16(22)10-25-20(24)18-11(2)8-17(23)26-12(18)3/h5-9,21H,4,10H2,1-3H3. The Kier molecular flexibility index (Phi) is 4.75. The van der Waals surface area contributed by atoms with Gasteiger partial charge in [-0.3, -0.25) is 4.79 Å². The Morgan fingerprint density at radius 3 is 2.69 bits per heavy atom.